The predicted octanol–water partition coefficient (Wildman–Crippen LogP) is 1.86. The zero-order valence-corrected chi connectivity index (χ0v) is 26.5. The quantitative estimate of drug-likeness (QED) is 0.146. The van der Waals surface area contributed by atoms with Gasteiger partial charge < -0.3 is 28.6 Å². The average Bonchev–Trinajstić information content (AvgIpc) is 3.26. The number of nitrogens with one attached hydrogen (secondary N) is 2. The Labute approximate surface area is 271 Å². The Morgan fingerprint density at radius 3 is 2.22 bits per heavy atom. The van der Waals surface area contributed by atoms with Crippen molar-refractivity contribution in [2.75, 3.05) is 64.2 Å². The molecule has 3 aliphatic rings. The van der Waals surface area contributed by atoms with Crippen LogP contribution in [-0.4, -0.2) is 106 Å². The second kappa shape index (κ2) is 16.1. The predicted molar refractivity (Wildman–Crippen MR) is 167 cm³/mol. The third kappa shape index (κ3) is 8.70. The van der Waals surface area contributed by atoms with E-state index in [1.165, 1.54) is 17.6 Å². The summed E-state index contributed by atoms with van der Waals surface area (Å²) in [5.74, 6) is -2.26. The molecule has 0 aromatic heterocycles. The first-order chi connectivity index (χ1) is 22.3. The van der Waals surface area contributed by atoms with E-state index in [-0.39, 0.29) is 48.9 Å². The minimum Gasteiger partial charge on any atom is -0.379 e. The Morgan fingerprint density at radius 1 is 0.870 bits per heavy atom. The number of benzene rings is 2. The Balaban J connectivity index is 0.888. The third-order valence-electron chi connectivity index (χ3n) is 7.74. The van der Waals surface area contributed by atoms with Crippen molar-refractivity contribution in [3.63, 3.8) is 0 Å². The second-order valence-corrected chi connectivity index (χ2v) is 12.0. The van der Waals surface area contributed by atoms with E-state index in [0.29, 0.717) is 52.7 Å². The molecule has 5 rings (SSSR count). The summed E-state index contributed by atoms with van der Waals surface area (Å²) in [7, 11) is 0. The Kier molecular flexibility index (Phi) is 11.8. The minimum atomic E-state index is -1.00. The highest BCUT2D eigenvalue weighted by Crippen LogP contribution is 2.32. The summed E-state index contributed by atoms with van der Waals surface area (Å²) in [6.07, 6.45) is 0.405. The SMILES string of the molecule is Cc1ccc(SOCCOCCOCCOCCC(=O)NC2CN(c3ccc4c(c3)C(=O)N(C3CCC(=O)NC3=O)C4=O)C2)cc1. The highest BCUT2D eigenvalue weighted by Gasteiger charge is 2.45. The first-order valence-electron chi connectivity index (χ1n) is 15.3. The first-order valence-corrected chi connectivity index (χ1v) is 16.0. The maximum Gasteiger partial charge on any atom is 0.262 e. The number of rotatable bonds is 17. The van der Waals surface area contributed by atoms with E-state index < -0.39 is 29.7 Å². The summed E-state index contributed by atoms with van der Waals surface area (Å²) in [6.45, 7) is 6.07. The Bertz CT molecular complexity index is 1430. The molecule has 14 heteroatoms. The number of aryl methyl sites for hydroxylation is 1. The fourth-order valence-electron chi connectivity index (χ4n) is 5.24. The molecule has 1 atom stereocenters. The number of hydrogen-bond donors (Lipinski definition) is 2. The van der Waals surface area contributed by atoms with Crippen LogP contribution in [0.15, 0.2) is 47.4 Å². The number of hydrogen-bond acceptors (Lipinski definition) is 11. The van der Waals surface area contributed by atoms with Gasteiger partial charge in [-0.25, -0.2) is 0 Å². The van der Waals surface area contributed by atoms with Gasteiger partial charge in [0, 0.05) is 48.6 Å². The highest BCUT2D eigenvalue weighted by atomic mass is 32.2. The van der Waals surface area contributed by atoms with Crippen LogP contribution in [0.25, 0.3) is 0 Å². The van der Waals surface area contributed by atoms with Gasteiger partial charge in [-0.15, -0.1) is 0 Å². The van der Waals surface area contributed by atoms with Gasteiger partial charge in [-0.05, 0) is 43.7 Å². The molecule has 13 nitrogen and oxygen atoms in total. The topological polar surface area (TPSA) is 153 Å². The summed E-state index contributed by atoms with van der Waals surface area (Å²) in [5, 5.41) is 5.17. The highest BCUT2D eigenvalue weighted by molar-refractivity contribution is 7.94. The molecule has 0 bridgehead atoms. The van der Waals surface area contributed by atoms with E-state index in [1.807, 2.05) is 36.1 Å². The largest absolute Gasteiger partial charge is 0.379 e. The number of imide groups is 2. The molecule has 3 heterocycles. The molecule has 2 N–H and O–H groups in total. The molecule has 2 fully saturated rings. The van der Waals surface area contributed by atoms with Crippen molar-refractivity contribution in [1.82, 2.24) is 15.5 Å². The summed E-state index contributed by atoms with van der Waals surface area (Å²) in [5.41, 5.74) is 2.42. The first kappa shape index (κ1) is 33.5. The number of amides is 5. The van der Waals surface area contributed by atoms with Crippen LogP contribution in [0, 0.1) is 6.92 Å². The number of carbonyl (C=O) groups is 5. The van der Waals surface area contributed by atoms with Gasteiger partial charge in [0.25, 0.3) is 11.8 Å². The van der Waals surface area contributed by atoms with Crippen molar-refractivity contribution in [1.29, 1.82) is 0 Å². The smallest absolute Gasteiger partial charge is 0.262 e. The summed E-state index contributed by atoms with van der Waals surface area (Å²) < 4.78 is 22.0. The van der Waals surface area contributed by atoms with Crippen molar-refractivity contribution in [3.8, 4) is 0 Å². The number of carbonyl (C=O) groups excluding carboxylic acids is 5. The second-order valence-electron chi connectivity index (χ2n) is 11.2. The summed E-state index contributed by atoms with van der Waals surface area (Å²) in [6, 6.07) is 12.0. The number of piperidine rings is 1. The maximum absolute atomic E-state index is 13.1. The standard InChI is InChI=1S/C32H38N4O9S/c1-21-2-5-24(6-3-21)46-45-17-16-44-15-14-43-13-12-42-11-10-29(38)33-22-19-35(20-22)23-4-7-25-26(18-23)32(41)36(31(25)40)27-8-9-28(37)34-30(27)39/h2-7,18,22,27H,8-17,19-20H2,1H3,(H,33,38)(H,34,37,39). The Hall–Kier alpha value is -3.82. The van der Waals surface area contributed by atoms with E-state index in [1.54, 1.807) is 18.2 Å². The molecule has 5 amide bonds. The number of ether oxygens (including phenoxy) is 3. The molecular formula is C32H38N4O9S. The van der Waals surface area contributed by atoms with Gasteiger partial charge in [-0.3, -0.25) is 34.2 Å². The van der Waals surface area contributed by atoms with Gasteiger partial charge >= 0.3 is 0 Å². The van der Waals surface area contributed by atoms with Gasteiger partial charge in [0.2, 0.25) is 17.7 Å². The molecule has 1 unspecified atom stereocenters. The zero-order valence-electron chi connectivity index (χ0n) is 25.7. The van der Waals surface area contributed by atoms with Gasteiger partial charge in [-0.2, -0.15) is 0 Å². The van der Waals surface area contributed by atoms with Crippen LogP contribution in [0.3, 0.4) is 0 Å². The Morgan fingerprint density at radius 2 is 1.52 bits per heavy atom. The number of nitrogens with zero attached hydrogens (tertiary/aromatic N) is 2. The van der Waals surface area contributed by atoms with Crippen LogP contribution in [0.4, 0.5) is 5.69 Å². The third-order valence-corrected chi connectivity index (χ3v) is 8.49. The zero-order chi connectivity index (χ0) is 32.5. The lowest BCUT2D eigenvalue weighted by Crippen LogP contribution is -2.59. The maximum atomic E-state index is 13.1. The molecule has 0 aliphatic carbocycles. The molecule has 0 spiro atoms. The lowest BCUT2D eigenvalue weighted by Gasteiger charge is -2.41. The van der Waals surface area contributed by atoms with Crippen LogP contribution in [0.5, 0.6) is 0 Å². The minimum absolute atomic E-state index is 0.0482. The van der Waals surface area contributed by atoms with Gasteiger partial charge in [0.05, 0.1) is 63.4 Å². The summed E-state index contributed by atoms with van der Waals surface area (Å²) in [4.78, 5) is 66.0. The van der Waals surface area contributed by atoms with Gasteiger partial charge in [0.15, 0.2) is 0 Å². The van der Waals surface area contributed by atoms with Crippen LogP contribution in [0.1, 0.15) is 45.5 Å². The lowest BCUT2D eigenvalue weighted by molar-refractivity contribution is -0.136. The van der Waals surface area contributed by atoms with E-state index in [4.69, 9.17) is 18.4 Å². The van der Waals surface area contributed by atoms with E-state index in [0.717, 1.165) is 15.5 Å². The molecule has 246 valence electrons. The number of anilines is 1. The molecule has 2 saturated heterocycles. The van der Waals surface area contributed by atoms with Crippen LogP contribution < -0.4 is 15.5 Å². The van der Waals surface area contributed by atoms with E-state index in [2.05, 4.69) is 10.6 Å². The molecule has 2 aromatic rings. The van der Waals surface area contributed by atoms with Crippen LogP contribution in [0.2, 0.25) is 0 Å². The fraction of sp³-hybridized carbons (Fsp3) is 0.469. The monoisotopic (exact) mass is 654 g/mol. The molecule has 46 heavy (non-hydrogen) atoms. The normalized spacial score (nSPS) is 18.1. The van der Waals surface area contributed by atoms with Crippen molar-refractivity contribution >= 4 is 47.3 Å². The van der Waals surface area contributed by atoms with Gasteiger partial charge in [-0.1, -0.05) is 17.7 Å². The van der Waals surface area contributed by atoms with E-state index in [9.17, 15) is 24.0 Å². The van der Waals surface area contributed by atoms with Crippen molar-refractivity contribution < 1.29 is 42.4 Å². The molecule has 2 aromatic carbocycles. The van der Waals surface area contributed by atoms with Gasteiger partial charge in [0.1, 0.15) is 6.04 Å². The van der Waals surface area contributed by atoms with Crippen molar-refractivity contribution in [2.24, 2.45) is 0 Å². The van der Waals surface area contributed by atoms with Crippen molar-refractivity contribution in [2.45, 2.75) is 43.2 Å². The van der Waals surface area contributed by atoms with Crippen molar-refractivity contribution in [3.05, 3.63) is 59.2 Å². The molecule has 0 saturated carbocycles. The lowest BCUT2D eigenvalue weighted by atomic mass is 10.0. The number of fused-ring (bicyclic) bond motifs is 1. The summed E-state index contributed by atoms with van der Waals surface area (Å²) >= 11 is 1.33. The van der Waals surface area contributed by atoms with Crippen LogP contribution in [-0.2, 0) is 32.8 Å². The average molecular weight is 655 g/mol. The molecular weight excluding hydrogens is 616 g/mol. The molecule has 3 aliphatic heterocycles. The van der Waals surface area contributed by atoms with E-state index >= 15 is 0 Å². The fourth-order valence-corrected chi connectivity index (χ4v) is 5.77. The molecule has 0 radical (unpaired) electrons. The van der Waals surface area contributed by atoms with Crippen LogP contribution >= 0.6 is 12.0 Å².